The van der Waals surface area contributed by atoms with Gasteiger partial charge in [-0.15, -0.1) is 0 Å². The number of pyridine rings is 1. The Morgan fingerprint density at radius 2 is 2.16 bits per heavy atom. The molecule has 0 radical (unpaired) electrons. The van der Waals surface area contributed by atoms with Crippen molar-refractivity contribution in [1.29, 1.82) is 0 Å². The molecule has 98 valence electrons. The third-order valence-electron chi connectivity index (χ3n) is 2.75. The van der Waals surface area contributed by atoms with Gasteiger partial charge in [0.25, 0.3) is 0 Å². The van der Waals surface area contributed by atoms with Gasteiger partial charge in [0.05, 0.1) is 17.9 Å². The predicted molar refractivity (Wildman–Crippen MR) is 70.3 cm³/mol. The number of nitrogens with zero attached hydrogens (tertiary/aromatic N) is 1. The number of rotatable bonds is 3. The molecule has 0 aliphatic rings. The van der Waals surface area contributed by atoms with Crippen molar-refractivity contribution in [3.8, 4) is 11.3 Å². The van der Waals surface area contributed by atoms with E-state index in [0.29, 0.717) is 17.9 Å². The topological polar surface area (TPSA) is 39.2 Å². The summed E-state index contributed by atoms with van der Waals surface area (Å²) in [5.41, 5.74) is 2.35. The van der Waals surface area contributed by atoms with Crippen molar-refractivity contribution in [1.82, 2.24) is 4.98 Å². The number of benzene rings is 1. The van der Waals surface area contributed by atoms with Crippen molar-refractivity contribution < 1.29 is 13.9 Å². The van der Waals surface area contributed by atoms with Crippen molar-refractivity contribution in [2.75, 3.05) is 6.61 Å². The lowest BCUT2D eigenvalue weighted by Gasteiger charge is -2.10. The van der Waals surface area contributed by atoms with E-state index in [1.54, 1.807) is 38.2 Å². The first-order valence-electron chi connectivity index (χ1n) is 6.02. The number of aromatic nitrogens is 1. The largest absolute Gasteiger partial charge is 0.462 e. The SMILES string of the molecule is CCOC(=O)c1cccnc1-c1ccc(F)cc1C. The molecule has 0 aliphatic carbocycles. The standard InChI is InChI=1S/C15H14FNO2/c1-3-19-15(18)13-5-4-8-17-14(13)12-7-6-11(16)9-10(12)2/h4-9H,3H2,1-2H3. The second-order valence-electron chi connectivity index (χ2n) is 4.08. The lowest BCUT2D eigenvalue weighted by atomic mass is 10.0. The summed E-state index contributed by atoms with van der Waals surface area (Å²) in [6, 6.07) is 7.72. The number of carbonyl (C=O) groups excluding carboxylic acids is 1. The second kappa shape index (κ2) is 5.61. The summed E-state index contributed by atoms with van der Waals surface area (Å²) in [6.07, 6.45) is 1.60. The van der Waals surface area contributed by atoms with Gasteiger partial charge in [0.15, 0.2) is 0 Å². The van der Waals surface area contributed by atoms with Gasteiger partial charge in [0, 0.05) is 11.8 Å². The summed E-state index contributed by atoms with van der Waals surface area (Å²) >= 11 is 0. The van der Waals surface area contributed by atoms with E-state index in [-0.39, 0.29) is 5.82 Å². The van der Waals surface area contributed by atoms with E-state index in [2.05, 4.69) is 4.98 Å². The van der Waals surface area contributed by atoms with Crippen molar-refractivity contribution in [2.45, 2.75) is 13.8 Å². The molecule has 1 aromatic heterocycles. The van der Waals surface area contributed by atoms with Gasteiger partial charge in [-0.2, -0.15) is 0 Å². The highest BCUT2D eigenvalue weighted by Crippen LogP contribution is 2.25. The first-order chi connectivity index (χ1) is 9.13. The number of esters is 1. The highest BCUT2D eigenvalue weighted by Gasteiger charge is 2.16. The van der Waals surface area contributed by atoms with Crippen molar-refractivity contribution in [2.24, 2.45) is 0 Å². The minimum atomic E-state index is -0.422. The average molecular weight is 259 g/mol. The zero-order chi connectivity index (χ0) is 13.8. The Hall–Kier alpha value is -2.23. The zero-order valence-electron chi connectivity index (χ0n) is 10.8. The molecule has 0 fully saturated rings. The van der Waals surface area contributed by atoms with Gasteiger partial charge in [-0.05, 0) is 49.7 Å². The van der Waals surface area contributed by atoms with Crippen molar-refractivity contribution in [3.05, 3.63) is 53.5 Å². The fourth-order valence-corrected chi connectivity index (χ4v) is 1.89. The highest BCUT2D eigenvalue weighted by atomic mass is 19.1. The smallest absolute Gasteiger partial charge is 0.340 e. The zero-order valence-corrected chi connectivity index (χ0v) is 10.8. The van der Waals surface area contributed by atoms with Gasteiger partial charge in [0.1, 0.15) is 5.82 Å². The molecule has 3 nitrogen and oxygen atoms in total. The van der Waals surface area contributed by atoms with Crippen LogP contribution in [0.15, 0.2) is 36.5 Å². The normalized spacial score (nSPS) is 10.3. The lowest BCUT2D eigenvalue weighted by Crippen LogP contribution is -2.07. The molecule has 0 bridgehead atoms. The Morgan fingerprint density at radius 3 is 2.84 bits per heavy atom. The Morgan fingerprint density at radius 1 is 1.37 bits per heavy atom. The molecule has 0 unspecified atom stereocenters. The van der Waals surface area contributed by atoms with Crippen molar-refractivity contribution in [3.63, 3.8) is 0 Å². The van der Waals surface area contributed by atoms with Gasteiger partial charge >= 0.3 is 5.97 Å². The Bertz CT molecular complexity index is 611. The molecule has 0 saturated carbocycles. The molecule has 4 heteroatoms. The van der Waals surface area contributed by atoms with E-state index in [1.165, 1.54) is 12.1 Å². The van der Waals surface area contributed by atoms with Crippen LogP contribution in [0.4, 0.5) is 4.39 Å². The molecular formula is C15H14FNO2. The van der Waals surface area contributed by atoms with Gasteiger partial charge in [-0.1, -0.05) is 0 Å². The summed E-state index contributed by atoms with van der Waals surface area (Å²) in [7, 11) is 0. The van der Waals surface area contributed by atoms with Crippen LogP contribution in [0.2, 0.25) is 0 Å². The van der Waals surface area contributed by atoms with E-state index < -0.39 is 5.97 Å². The van der Waals surface area contributed by atoms with E-state index in [1.807, 2.05) is 0 Å². The number of ether oxygens (including phenoxy) is 1. The molecule has 0 spiro atoms. The Balaban J connectivity index is 2.53. The Kier molecular flexibility index (Phi) is 3.90. The average Bonchev–Trinajstić information content (AvgIpc) is 2.39. The monoisotopic (exact) mass is 259 g/mol. The quantitative estimate of drug-likeness (QED) is 0.793. The molecule has 19 heavy (non-hydrogen) atoms. The molecule has 0 atom stereocenters. The van der Waals surface area contributed by atoms with Gasteiger partial charge < -0.3 is 4.74 Å². The maximum absolute atomic E-state index is 13.1. The minimum Gasteiger partial charge on any atom is -0.462 e. The number of hydrogen-bond acceptors (Lipinski definition) is 3. The summed E-state index contributed by atoms with van der Waals surface area (Å²) in [4.78, 5) is 16.1. The summed E-state index contributed by atoms with van der Waals surface area (Å²) in [5.74, 6) is -0.732. The lowest BCUT2D eigenvalue weighted by molar-refractivity contribution is 0.0527. The molecule has 0 amide bonds. The summed E-state index contributed by atoms with van der Waals surface area (Å²) in [5, 5.41) is 0. The first kappa shape index (κ1) is 13.2. The number of halogens is 1. The fraction of sp³-hybridized carbons (Fsp3) is 0.200. The third kappa shape index (κ3) is 2.78. The molecule has 0 aliphatic heterocycles. The number of carbonyl (C=O) groups is 1. The number of hydrogen-bond donors (Lipinski definition) is 0. The van der Waals surface area contributed by atoms with Crippen LogP contribution < -0.4 is 0 Å². The van der Waals surface area contributed by atoms with Crippen LogP contribution in [-0.2, 0) is 4.74 Å². The van der Waals surface area contributed by atoms with Crippen LogP contribution in [0.25, 0.3) is 11.3 Å². The second-order valence-corrected chi connectivity index (χ2v) is 4.08. The van der Waals surface area contributed by atoms with E-state index >= 15 is 0 Å². The third-order valence-corrected chi connectivity index (χ3v) is 2.75. The predicted octanol–water partition coefficient (Wildman–Crippen LogP) is 3.37. The summed E-state index contributed by atoms with van der Waals surface area (Å²) < 4.78 is 18.1. The minimum absolute atomic E-state index is 0.301. The molecular weight excluding hydrogens is 245 g/mol. The van der Waals surface area contributed by atoms with Crippen LogP contribution in [0, 0.1) is 12.7 Å². The van der Waals surface area contributed by atoms with Gasteiger partial charge in [0.2, 0.25) is 0 Å². The molecule has 2 aromatic rings. The van der Waals surface area contributed by atoms with Crippen LogP contribution in [-0.4, -0.2) is 17.6 Å². The Labute approximate surface area is 111 Å². The van der Waals surface area contributed by atoms with Crippen LogP contribution in [0.1, 0.15) is 22.8 Å². The maximum atomic E-state index is 13.1. The molecule has 0 N–H and O–H groups in total. The number of aryl methyl sites for hydroxylation is 1. The molecule has 2 rings (SSSR count). The fourth-order valence-electron chi connectivity index (χ4n) is 1.89. The van der Waals surface area contributed by atoms with E-state index in [9.17, 15) is 9.18 Å². The van der Waals surface area contributed by atoms with Crippen LogP contribution in [0.3, 0.4) is 0 Å². The molecule has 0 saturated heterocycles. The van der Waals surface area contributed by atoms with Gasteiger partial charge in [-0.3, -0.25) is 4.98 Å². The summed E-state index contributed by atoms with van der Waals surface area (Å²) in [6.45, 7) is 3.83. The van der Waals surface area contributed by atoms with E-state index in [4.69, 9.17) is 4.74 Å². The van der Waals surface area contributed by atoms with Crippen LogP contribution in [0.5, 0.6) is 0 Å². The van der Waals surface area contributed by atoms with Crippen LogP contribution >= 0.6 is 0 Å². The molecule has 1 aromatic carbocycles. The van der Waals surface area contributed by atoms with Gasteiger partial charge in [-0.25, -0.2) is 9.18 Å². The van der Waals surface area contributed by atoms with E-state index in [0.717, 1.165) is 11.1 Å². The highest BCUT2D eigenvalue weighted by molar-refractivity contribution is 5.96. The first-order valence-corrected chi connectivity index (χ1v) is 6.02. The van der Waals surface area contributed by atoms with Crippen molar-refractivity contribution >= 4 is 5.97 Å². The maximum Gasteiger partial charge on any atom is 0.340 e. The molecule has 1 heterocycles.